The molecule has 2 rings (SSSR count). The lowest BCUT2D eigenvalue weighted by Gasteiger charge is -2.13. The van der Waals surface area contributed by atoms with E-state index in [0.29, 0.717) is 22.6 Å². The van der Waals surface area contributed by atoms with Crippen LogP contribution in [-0.4, -0.2) is 22.6 Å². The molecule has 0 saturated carbocycles. The van der Waals surface area contributed by atoms with Crippen molar-refractivity contribution in [2.45, 2.75) is 5.75 Å². The van der Waals surface area contributed by atoms with Gasteiger partial charge < -0.3 is 9.47 Å². The predicted octanol–water partition coefficient (Wildman–Crippen LogP) is 4.19. The third-order valence-electron chi connectivity index (χ3n) is 3.26. The fourth-order valence-corrected chi connectivity index (χ4v) is 3.66. The summed E-state index contributed by atoms with van der Waals surface area (Å²) in [5.74, 6) is 0.184. The van der Waals surface area contributed by atoms with Crippen LogP contribution in [0.3, 0.4) is 0 Å². The van der Waals surface area contributed by atoms with Crippen molar-refractivity contribution in [3.05, 3.63) is 63.2 Å². The third-order valence-corrected chi connectivity index (χ3v) is 4.96. The van der Waals surface area contributed by atoms with E-state index >= 15 is 0 Å². The number of benzene rings is 2. The SMILES string of the molecule is COc1cc(Br)cc(OC)c1CS(=O)(=O)C=Cc1ccc(F)cc1. The predicted molar refractivity (Wildman–Crippen MR) is 95.3 cm³/mol. The van der Waals surface area contributed by atoms with Crippen molar-refractivity contribution >= 4 is 31.8 Å². The number of methoxy groups -OCH3 is 2. The topological polar surface area (TPSA) is 52.6 Å². The van der Waals surface area contributed by atoms with E-state index in [2.05, 4.69) is 15.9 Å². The highest BCUT2D eigenvalue weighted by molar-refractivity contribution is 9.10. The standard InChI is InChI=1S/C17H16BrFO4S/c1-22-16-9-13(18)10-17(23-2)15(16)11-24(20,21)8-7-12-3-5-14(19)6-4-12/h3-10H,11H2,1-2H3. The Morgan fingerprint density at radius 1 is 1.08 bits per heavy atom. The Morgan fingerprint density at radius 2 is 1.62 bits per heavy atom. The van der Waals surface area contributed by atoms with Crippen molar-refractivity contribution in [2.75, 3.05) is 14.2 Å². The number of sulfone groups is 1. The fourth-order valence-electron chi connectivity index (χ4n) is 2.10. The van der Waals surface area contributed by atoms with Crippen LogP contribution in [-0.2, 0) is 15.6 Å². The summed E-state index contributed by atoms with van der Waals surface area (Å²) >= 11 is 3.32. The smallest absolute Gasteiger partial charge is 0.176 e. The molecule has 4 nitrogen and oxygen atoms in total. The molecule has 0 atom stereocenters. The van der Waals surface area contributed by atoms with Crippen LogP contribution >= 0.6 is 15.9 Å². The summed E-state index contributed by atoms with van der Waals surface area (Å²) in [4.78, 5) is 0. The molecule has 0 radical (unpaired) electrons. The summed E-state index contributed by atoms with van der Waals surface area (Å²) in [7, 11) is -0.643. The first-order chi connectivity index (χ1) is 11.3. The van der Waals surface area contributed by atoms with E-state index in [-0.39, 0.29) is 11.6 Å². The molecule has 24 heavy (non-hydrogen) atoms. The first-order valence-corrected chi connectivity index (χ1v) is 9.42. The van der Waals surface area contributed by atoms with Gasteiger partial charge in [-0.15, -0.1) is 0 Å². The molecule has 7 heteroatoms. The van der Waals surface area contributed by atoms with E-state index in [1.165, 1.54) is 44.6 Å². The van der Waals surface area contributed by atoms with Crippen LogP contribution in [0.1, 0.15) is 11.1 Å². The average molecular weight is 415 g/mol. The second-order valence-electron chi connectivity index (χ2n) is 4.95. The van der Waals surface area contributed by atoms with E-state index in [4.69, 9.17) is 9.47 Å². The fraction of sp³-hybridized carbons (Fsp3) is 0.176. The molecule has 0 aromatic heterocycles. The van der Waals surface area contributed by atoms with E-state index in [1.54, 1.807) is 12.1 Å². The maximum absolute atomic E-state index is 12.9. The van der Waals surface area contributed by atoms with Gasteiger partial charge in [0, 0.05) is 9.88 Å². The van der Waals surface area contributed by atoms with Gasteiger partial charge in [-0.1, -0.05) is 28.1 Å². The van der Waals surface area contributed by atoms with Crippen molar-refractivity contribution in [3.63, 3.8) is 0 Å². The van der Waals surface area contributed by atoms with E-state index in [1.807, 2.05) is 0 Å². The molecule has 0 spiro atoms. The molecular formula is C17H16BrFO4S. The Labute approximate surface area is 149 Å². The normalized spacial score (nSPS) is 11.7. The summed E-state index contributed by atoms with van der Waals surface area (Å²) < 4.78 is 48.9. The molecule has 0 unspecified atom stereocenters. The molecule has 0 aliphatic carbocycles. The lowest BCUT2D eigenvalue weighted by atomic mass is 10.2. The van der Waals surface area contributed by atoms with Crippen molar-refractivity contribution in [3.8, 4) is 11.5 Å². The molecule has 0 amide bonds. The highest BCUT2D eigenvalue weighted by Gasteiger charge is 2.18. The molecular weight excluding hydrogens is 399 g/mol. The molecule has 0 saturated heterocycles. The number of halogens is 2. The number of rotatable bonds is 6. The quantitative estimate of drug-likeness (QED) is 0.710. The van der Waals surface area contributed by atoms with Crippen LogP contribution in [0.5, 0.6) is 11.5 Å². The summed E-state index contributed by atoms with van der Waals surface area (Å²) in [6, 6.07) is 8.90. The summed E-state index contributed by atoms with van der Waals surface area (Å²) in [6.07, 6.45) is 1.42. The summed E-state index contributed by atoms with van der Waals surface area (Å²) in [5, 5.41) is 1.10. The number of hydrogen-bond acceptors (Lipinski definition) is 4. The van der Waals surface area contributed by atoms with Crippen LogP contribution in [0.25, 0.3) is 6.08 Å². The van der Waals surface area contributed by atoms with Gasteiger partial charge in [0.2, 0.25) is 0 Å². The molecule has 0 fully saturated rings. The van der Waals surface area contributed by atoms with E-state index in [9.17, 15) is 12.8 Å². The Kier molecular flexibility index (Phi) is 6.01. The monoisotopic (exact) mass is 414 g/mol. The van der Waals surface area contributed by atoms with Crippen molar-refractivity contribution in [2.24, 2.45) is 0 Å². The van der Waals surface area contributed by atoms with Crippen LogP contribution in [0.2, 0.25) is 0 Å². The summed E-state index contributed by atoms with van der Waals surface area (Å²) in [5.41, 5.74) is 1.03. The van der Waals surface area contributed by atoms with Crippen molar-refractivity contribution in [1.29, 1.82) is 0 Å². The zero-order valence-electron chi connectivity index (χ0n) is 13.1. The Morgan fingerprint density at radius 3 is 2.12 bits per heavy atom. The lowest BCUT2D eigenvalue weighted by molar-refractivity contribution is 0.387. The minimum absolute atomic E-state index is 0.273. The lowest BCUT2D eigenvalue weighted by Crippen LogP contribution is -2.04. The largest absolute Gasteiger partial charge is 0.496 e. The Balaban J connectivity index is 2.30. The van der Waals surface area contributed by atoms with Gasteiger partial charge in [0.05, 0.1) is 25.5 Å². The number of ether oxygens (including phenoxy) is 2. The van der Waals surface area contributed by atoms with Gasteiger partial charge in [0.1, 0.15) is 17.3 Å². The van der Waals surface area contributed by atoms with Crippen molar-refractivity contribution < 1.29 is 22.3 Å². The highest BCUT2D eigenvalue weighted by Crippen LogP contribution is 2.34. The average Bonchev–Trinajstić information content (AvgIpc) is 2.55. The first-order valence-electron chi connectivity index (χ1n) is 6.91. The zero-order valence-corrected chi connectivity index (χ0v) is 15.5. The molecule has 0 aliphatic rings. The molecule has 2 aromatic rings. The van der Waals surface area contributed by atoms with Gasteiger partial charge in [-0.05, 0) is 35.9 Å². The maximum Gasteiger partial charge on any atom is 0.176 e. The Bertz CT molecular complexity index is 820. The second kappa shape index (κ2) is 7.81. The van der Waals surface area contributed by atoms with Crippen molar-refractivity contribution in [1.82, 2.24) is 0 Å². The van der Waals surface area contributed by atoms with Gasteiger partial charge in [-0.2, -0.15) is 0 Å². The van der Waals surface area contributed by atoms with Crippen LogP contribution in [0.15, 0.2) is 46.3 Å². The van der Waals surface area contributed by atoms with Gasteiger partial charge in [-0.25, -0.2) is 12.8 Å². The van der Waals surface area contributed by atoms with Crippen LogP contribution < -0.4 is 9.47 Å². The molecule has 0 bridgehead atoms. The molecule has 0 heterocycles. The summed E-state index contributed by atoms with van der Waals surface area (Å²) in [6.45, 7) is 0. The van der Waals surface area contributed by atoms with Gasteiger partial charge in [-0.3, -0.25) is 0 Å². The minimum atomic E-state index is -3.57. The van der Waals surface area contributed by atoms with Gasteiger partial charge in [0.25, 0.3) is 0 Å². The molecule has 128 valence electrons. The van der Waals surface area contributed by atoms with Crippen LogP contribution in [0, 0.1) is 5.82 Å². The van der Waals surface area contributed by atoms with E-state index in [0.717, 1.165) is 9.88 Å². The minimum Gasteiger partial charge on any atom is -0.496 e. The molecule has 2 aromatic carbocycles. The number of hydrogen-bond donors (Lipinski definition) is 0. The van der Waals surface area contributed by atoms with Gasteiger partial charge in [0.15, 0.2) is 9.84 Å². The highest BCUT2D eigenvalue weighted by atomic mass is 79.9. The molecule has 0 aliphatic heterocycles. The Hall–Kier alpha value is -1.86. The molecule has 0 N–H and O–H groups in total. The zero-order chi connectivity index (χ0) is 17.7. The first kappa shape index (κ1) is 18.5. The maximum atomic E-state index is 12.9. The van der Waals surface area contributed by atoms with Gasteiger partial charge >= 0.3 is 0 Å². The van der Waals surface area contributed by atoms with E-state index < -0.39 is 9.84 Å². The second-order valence-corrected chi connectivity index (χ2v) is 7.75. The van der Waals surface area contributed by atoms with Crippen LogP contribution in [0.4, 0.5) is 4.39 Å². The third kappa shape index (κ3) is 4.82.